The van der Waals surface area contributed by atoms with Crippen molar-refractivity contribution in [3.8, 4) is 0 Å². The average Bonchev–Trinajstić information content (AvgIpc) is 2.16. The van der Waals surface area contributed by atoms with E-state index in [0.29, 0.717) is 0 Å². The maximum Gasteiger partial charge on any atom is 0.0822 e. The van der Waals surface area contributed by atoms with Crippen molar-refractivity contribution in [1.29, 1.82) is 0 Å². The lowest BCUT2D eigenvalue weighted by Crippen LogP contribution is -1.84. The van der Waals surface area contributed by atoms with Crippen molar-refractivity contribution in [2.24, 2.45) is 0 Å². The largest absolute Gasteiger partial charge is 0.237 e. The first kappa shape index (κ1) is 12.9. The predicted molar refractivity (Wildman–Crippen MR) is 52.7 cm³/mol. The summed E-state index contributed by atoms with van der Waals surface area (Å²) in [6, 6.07) is 0. The smallest absolute Gasteiger partial charge is 0.0822 e. The highest BCUT2D eigenvalue weighted by Crippen LogP contribution is 2.09. The molecule has 0 unspecified atom stereocenters. The van der Waals surface area contributed by atoms with Gasteiger partial charge in [-0.05, 0) is 12.8 Å². The topological polar surface area (TPSA) is 39.8 Å². The molecule has 0 N–H and O–H groups in total. The molecule has 0 aliphatic heterocycles. The molecule has 13 heavy (non-hydrogen) atoms. The molecule has 0 bridgehead atoms. The van der Waals surface area contributed by atoms with Crippen LogP contribution in [-0.2, 0) is 10.2 Å². The van der Waals surface area contributed by atoms with Crippen LogP contribution in [0.3, 0.4) is 0 Å². The molecule has 0 aromatic carbocycles. The third kappa shape index (κ3) is 11.9. The molecule has 0 heterocycles. The zero-order chi connectivity index (χ0) is 9.78. The maximum atomic E-state index is 10.1. The van der Waals surface area contributed by atoms with Gasteiger partial charge >= 0.3 is 0 Å². The SMILES string of the molecule is [O]CCCCCCCCCCC[O]. The standard InChI is InChI=1S/C11H22O2/c12-10-8-6-4-2-1-3-5-7-9-11-13/h1-11H2. The molecule has 2 heteroatoms. The van der Waals surface area contributed by atoms with E-state index < -0.39 is 0 Å². The first-order valence-corrected chi connectivity index (χ1v) is 5.58. The summed E-state index contributed by atoms with van der Waals surface area (Å²) in [5.74, 6) is 0. The number of hydrogen-bond donors (Lipinski definition) is 0. The molecule has 0 atom stereocenters. The summed E-state index contributed by atoms with van der Waals surface area (Å²) < 4.78 is 0. The molecule has 2 radical (unpaired) electrons. The lowest BCUT2D eigenvalue weighted by Gasteiger charge is -1.99. The van der Waals surface area contributed by atoms with Crippen LogP contribution in [0.1, 0.15) is 57.8 Å². The minimum absolute atomic E-state index is 0.0868. The van der Waals surface area contributed by atoms with E-state index in [-0.39, 0.29) is 13.2 Å². The molecule has 0 amide bonds. The van der Waals surface area contributed by atoms with Crippen molar-refractivity contribution in [2.75, 3.05) is 13.2 Å². The second-order valence-electron chi connectivity index (χ2n) is 3.59. The van der Waals surface area contributed by atoms with Gasteiger partial charge in [-0.25, -0.2) is 10.2 Å². The van der Waals surface area contributed by atoms with Gasteiger partial charge in [0, 0.05) is 0 Å². The monoisotopic (exact) mass is 186 g/mol. The predicted octanol–water partition coefficient (Wildman–Crippen LogP) is 3.36. The molecule has 0 aliphatic carbocycles. The zero-order valence-electron chi connectivity index (χ0n) is 8.59. The molecule has 78 valence electrons. The second-order valence-corrected chi connectivity index (χ2v) is 3.59. The molecule has 0 fully saturated rings. The van der Waals surface area contributed by atoms with Crippen LogP contribution in [0, 0.1) is 0 Å². The fraction of sp³-hybridized carbons (Fsp3) is 1.00. The van der Waals surface area contributed by atoms with Crippen LogP contribution in [0.25, 0.3) is 0 Å². The second kappa shape index (κ2) is 11.9. The van der Waals surface area contributed by atoms with E-state index in [9.17, 15) is 10.2 Å². The number of unbranched alkanes of at least 4 members (excludes halogenated alkanes) is 8. The summed E-state index contributed by atoms with van der Waals surface area (Å²) in [6.07, 6.45) is 10.1. The average molecular weight is 186 g/mol. The van der Waals surface area contributed by atoms with Crippen LogP contribution in [0.4, 0.5) is 0 Å². The van der Waals surface area contributed by atoms with Crippen molar-refractivity contribution in [3.63, 3.8) is 0 Å². The van der Waals surface area contributed by atoms with Crippen molar-refractivity contribution >= 4 is 0 Å². The van der Waals surface area contributed by atoms with Gasteiger partial charge in [-0.2, -0.15) is 0 Å². The highest BCUT2D eigenvalue weighted by Gasteiger charge is 1.91. The first-order chi connectivity index (χ1) is 6.41. The van der Waals surface area contributed by atoms with Crippen molar-refractivity contribution in [1.82, 2.24) is 0 Å². The third-order valence-corrected chi connectivity index (χ3v) is 2.29. The normalized spacial score (nSPS) is 10.6. The molecule has 0 spiro atoms. The van der Waals surface area contributed by atoms with Gasteiger partial charge in [-0.3, -0.25) is 0 Å². The third-order valence-electron chi connectivity index (χ3n) is 2.29. The highest BCUT2D eigenvalue weighted by atomic mass is 16.3. The quantitative estimate of drug-likeness (QED) is 0.469. The molecule has 0 aromatic rings. The Labute approximate surface area is 82.0 Å². The summed E-state index contributed by atoms with van der Waals surface area (Å²) in [5, 5.41) is 20.2. The van der Waals surface area contributed by atoms with E-state index in [1.165, 1.54) is 32.1 Å². The van der Waals surface area contributed by atoms with Crippen molar-refractivity contribution < 1.29 is 10.2 Å². The highest BCUT2D eigenvalue weighted by molar-refractivity contribution is 4.46. The molecule has 0 aliphatic rings. The summed E-state index contributed by atoms with van der Waals surface area (Å²) in [5.41, 5.74) is 0. The van der Waals surface area contributed by atoms with Crippen LogP contribution >= 0.6 is 0 Å². The van der Waals surface area contributed by atoms with Gasteiger partial charge in [0.15, 0.2) is 0 Å². The Balaban J connectivity index is 2.76. The summed E-state index contributed by atoms with van der Waals surface area (Å²) in [6.45, 7) is 0.174. The molecule has 0 saturated heterocycles. The Morgan fingerprint density at radius 2 is 0.615 bits per heavy atom. The van der Waals surface area contributed by atoms with Crippen molar-refractivity contribution in [3.05, 3.63) is 0 Å². The molecule has 0 rings (SSSR count). The van der Waals surface area contributed by atoms with E-state index >= 15 is 0 Å². The van der Waals surface area contributed by atoms with E-state index in [0.717, 1.165) is 25.7 Å². The summed E-state index contributed by atoms with van der Waals surface area (Å²) in [4.78, 5) is 0. The minimum atomic E-state index is 0.0868. The fourth-order valence-corrected chi connectivity index (χ4v) is 1.44. The number of hydrogen-bond acceptors (Lipinski definition) is 0. The van der Waals surface area contributed by atoms with Crippen molar-refractivity contribution in [2.45, 2.75) is 57.8 Å². The fourth-order valence-electron chi connectivity index (χ4n) is 1.44. The van der Waals surface area contributed by atoms with E-state index in [1.807, 2.05) is 0 Å². The molecular formula is C11H22O2. The zero-order valence-corrected chi connectivity index (χ0v) is 8.59. The van der Waals surface area contributed by atoms with Crippen LogP contribution in [0.15, 0.2) is 0 Å². The lowest BCUT2D eigenvalue weighted by atomic mass is 10.1. The molecule has 0 aromatic heterocycles. The Bertz CT molecular complexity index is 74.2. The Hall–Kier alpha value is -0.0800. The van der Waals surface area contributed by atoms with Gasteiger partial charge in [0.1, 0.15) is 0 Å². The first-order valence-electron chi connectivity index (χ1n) is 5.58. The van der Waals surface area contributed by atoms with Gasteiger partial charge < -0.3 is 0 Å². The Kier molecular flexibility index (Phi) is 11.8. The van der Waals surface area contributed by atoms with Crippen LogP contribution in [0.5, 0.6) is 0 Å². The van der Waals surface area contributed by atoms with Gasteiger partial charge in [0.2, 0.25) is 0 Å². The van der Waals surface area contributed by atoms with Gasteiger partial charge in [0.05, 0.1) is 13.2 Å². The van der Waals surface area contributed by atoms with Crippen LogP contribution in [-0.4, -0.2) is 13.2 Å². The Morgan fingerprint density at radius 3 is 0.846 bits per heavy atom. The van der Waals surface area contributed by atoms with E-state index in [2.05, 4.69) is 0 Å². The lowest BCUT2D eigenvalue weighted by molar-refractivity contribution is 0.185. The van der Waals surface area contributed by atoms with E-state index in [1.54, 1.807) is 0 Å². The molecular weight excluding hydrogens is 164 g/mol. The Morgan fingerprint density at radius 1 is 0.385 bits per heavy atom. The summed E-state index contributed by atoms with van der Waals surface area (Å²) in [7, 11) is 0. The van der Waals surface area contributed by atoms with Crippen LogP contribution in [0.2, 0.25) is 0 Å². The number of rotatable bonds is 10. The van der Waals surface area contributed by atoms with Gasteiger partial charge in [-0.1, -0.05) is 44.9 Å². The van der Waals surface area contributed by atoms with Gasteiger partial charge in [0.25, 0.3) is 0 Å². The van der Waals surface area contributed by atoms with Crippen LogP contribution < -0.4 is 0 Å². The summed E-state index contributed by atoms with van der Waals surface area (Å²) >= 11 is 0. The van der Waals surface area contributed by atoms with Gasteiger partial charge in [-0.15, -0.1) is 0 Å². The minimum Gasteiger partial charge on any atom is -0.237 e. The van der Waals surface area contributed by atoms with E-state index in [4.69, 9.17) is 0 Å². The molecule has 0 saturated carbocycles. The molecule has 2 nitrogen and oxygen atoms in total. The maximum absolute atomic E-state index is 10.1.